The van der Waals surface area contributed by atoms with Crippen LogP contribution in [-0.4, -0.2) is 13.4 Å². The van der Waals surface area contributed by atoms with E-state index in [0.29, 0.717) is 0 Å². The summed E-state index contributed by atoms with van der Waals surface area (Å²) in [6.07, 6.45) is 4.34. The second-order valence-corrected chi connectivity index (χ2v) is 1.02. The lowest BCUT2D eigenvalue weighted by atomic mass is 10.7. The van der Waals surface area contributed by atoms with E-state index in [4.69, 9.17) is 5.26 Å². The van der Waals surface area contributed by atoms with Gasteiger partial charge in [0.25, 0.3) is 0 Å². The Kier molecular flexibility index (Phi) is 4.77. The summed E-state index contributed by atoms with van der Waals surface area (Å²) < 4.78 is 0. The summed E-state index contributed by atoms with van der Waals surface area (Å²) in [5.74, 6) is 0. The third-order valence-corrected chi connectivity index (χ3v) is 0.458. The molecule has 0 fully saturated rings. The van der Waals surface area contributed by atoms with E-state index >= 15 is 0 Å². The van der Waals surface area contributed by atoms with Crippen LogP contribution in [0.2, 0.25) is 0 Å². The zero-order chi connectivity index (χ0) is 6.24. The van der Waals surface area contributed by atoms with Gasteiger partial charge in [0.2, 0.25) is 0 Å². The van der Waals surface area contributed by atoms with Gasteiger partial charge in [0, 0.05) is 19.3 Å². The van der Waals surface area contributed by atoms with Crippen molar-refractivity contribution in [3.8, 4) is 6.07 Å². The summed E-state index contributed by atoms with van der Waals surface area (Å²) in [7, 11) is 1.65. The van der Waals surface area contributed by atoms with E-state index in [0.717, 1.165) is 0 Å². The topological polar surface area (TPSA) is 48.2 Å². The van der Waals surface area contributed by atoms with E-state index in [1.807, 2.05) is 6.07 Å². The van der Waals surface area contributed by atoms with E-state index in [1.165, 1.54) is 18.6 Å². The molecule has 0 atom stereocenters. The Morgan fingerprint density at radius 3 is 3.00 bits per heavy atom. The molecule has 0 aromatic heterocycles. The highest BCUT2D eigenvalue weighted by Crippen LogP contribution is 1.57. The van der Waals surface area contributed by atoms with Crippen molar-refractivity contribution in [2.75, 3.05) is 7.05 Å². The first-order valence-corrected chi connectivity index (χ1v) is 2.13. The minimum Gasteiger partial charge on any atom is -0.352 e. The van der Waals surface area contributed by atoms with Crippen molar-refractivity contribution in [2.45, 2.75) is 0 Å². The van der Waals surface area contributed by atoms with Gasteiger partial charge in [-0.1, -0.05) is 0 Å². The highest BCUT2D eigenvalue weighted by molar-refractivity contribution is 5.55. The Balaban J connectivity index is 3.20. The second kappa shape index (κ2) is 5.70. The van der Waals surface area contributed by atoms with Gasteiger partial charge in [-0.15, -0.1) is 0 Å². The molecule has 8 heavy (non-hydrogen) atoms. The predicted molar refractivity (Wildman–Crippen MR) is 32.3 cm³/mol. The molecule has 0 heterocycles. The van der Waals surface area contributed by atoms with Crippen molar-refractivity contribution in [3.05, 3.63) is 12.3 Å². The Labute approximate surface area is 48.3 Å². The standard InChI is InChI=1S/C5H7N3/c1-7-5-8-4-2-3-6/h2,4-5H,1H3,(H,7,8)/b4-2+. The van der Waals surface area contributed by atoms with Crippen LogP contribution in [0, 0.1) is 11.3 Å². The van der Waals surface area contributed by atoms with E-state index < -0.39 is 0 Å². The second-order valence-electron chi connectivity index (χ2n) is 1.02. The number of nitrogens with one attached hydrogen (secondary N) is 1. The Morgan fingerprint density at radius 2 is 2.50 bits per heavy atom. The van der Waals surface area contributed by atoms with Crippen molar-refractivity contribution in [1.29, 1.82) is 5.26 Å². The Morgan fingerprint density at radius 1 is 1.75 bits per heavy atom. The summed E-state index contributed by atoms with van der Waals surface area (Å²) in [5.41, 5.74) is 0. The Bertz CT molecular complexity index is 129. The zero-order valence-corrected chi connectivity index (χ0v) is 4.63. The molecule has 0 saturated carbocycles. The van der Waals surface area contributed by atoms with Gasteiger partial charge in [-0.2, -0.15) is 5.26 Å². The molecule has 0 amide bonds. The minimum atomic E-state index is 1.34. The highest BCUT2D eigenvalue weighted by Gasteiger charge is 1.60. The molecule has 42 valence electrons. The summed E-state index contributed by atoms with van der Waals surface area (Å²) in [6.45, 7) is 0. The number of aliphatic imine (C=N–C) groups is 1. The number of rotatable bonds is 2. The smallest absolute Gasteiger partial charge is 0.0927 e. The third-order valence-electron chi connectivity index (χ3n) is 0.458. The molecule has 0 radical (unpaired) electrons. The minimum absolute atomic E-state index is 1.34. The van der Waals surface area contributed by atoms with Crippen molar-refractivity contribution < 1.29 is 0 Å². The van der Waals surface area contributed by atoms with Crippen LogP contribution in [0.1, 0.15) is 0 Å². The van der Waals surface area contributed by atoms with E-state index in [2.05, 4.69) is 10.3 Å². The molecule has 0 unspecified atom stereocenters. The molecule has 1 N–H and O–H groups in total. The van der Waals surface area contributed by atoms with Crippen molar-refractivity contribution in [3.63, 3.8) is 0 Å². The van der Waals surface area contributed by atoms with Gasteiger partial charge in [-0.25, -0.2) is 0 Å². The van der Waals surface area contributed by atoms with Gasteiger partial charge in [0.1, 0.15) is 0 Å². The lowest BCUT2D eigenvalue weighted by molar-refractivity contribution is 1.28. The van der Waals surface area contributed by atoms with Gasteiger partial charge in [-0.3, -0.25) is 4.99 Å². The molecule has 0 aliphatic carbocycles. The first-order valence-electron chi connectivity index (χ1n) is 2.13. The monoisotopic (exact) mass is 109 g/mol. The summed E-state index contributed by atoms with van der Waals surface area (Å²) in [5, 5.41) is 10.6. The normalized spacial score (nSPS) is 10.0. The van der Waals surface area contributed by atoms with Crippen LogP contribution in [0.4, 0.5) is 0 Å². The molecule has 3 heteroatoms. The van der Waals surface area contributed by atoms with Crippen molar-refractivity contribution in [1.82, 2.24) is 5.32 Å². The van der Waals surface area contributed by atoms with Gasteiger partial charge in [0.05, 0.1) is 12.4 Å². The average molecular weight is 109 g/mol. The van der Waals surface area contributed by atoms with Crippen LogP contribution >= 0.6 is 0 Å². The molecular formula is C5H7N3. The van der Waals surface area contributed by atoms with Gasteiger partial charge in [-0.05, 0) is 0 Å². The third kappa shape index (κ3) is 4.70. The van der Waals surface area contributed by atoms with E-state index in [1.54, 1.807) is 7.05 Å². The van der Waals surface area contributed by atoms with Crippen LogP contribution in [0.25, 0.3) is 0 Å². The van der Waals surface area contributed by atoms with E-state index in [-0.39, 0.29) is 0 Å². The van der Waals surface area contributed by atoms with Crippen LogP contribution in [-0.2, 0) is 0 Å². The summed E-state index contributed by atoms with van der Waals surface area (Å²) in [6, 6.07) is 1.82. The van der Waals surface area contributed by atoms with Crippen molar-refractivity contribution >= 4 is 6.34 Å². The molecule has 0 saturated heterocycles. The number of nitriles is 1. The predicted octanol–water partition coefficient (Wildman–Crippen LogP) is 0.271. The molecule has 0 aliphatic rings. The van der Waals surface area contributed by atoms with E-state index in [9.17, 15) is 0 Å². The zero-order valence-electron chi connectivity index (χ0n) is 4.63. The van der Waals surface area contributed by atoms with Gasteiger partial charge in [0.15, 0.2) is 0 Å². The molecule has 0 aromatic carbocycles. The highest BCUT2D eigenvalue weighted by atomic mass is 14.9. The maximum Gasteiger partial charge on any atom is 0.0927 e. The van der Waals surface area contributed by atoms with Crippen LogP contribution in [0.5, 0.6) is 0 Å². The quantitative estimate of drug-likeness (QED) is 0.314. The number of allylic oxidation sites excluding steroid dienone is 1. The fourth-order valence-electron chi connectivity index (χ4n) is 0.203. The number of nitrogens with zero attached hydrogens (tertiary/aromatic N) is 2. The first-order chi connectivity index (χ1) is 3.91. The number of hydrogen-bond donors (Lipinski definition) is 1. The molecule has 3 nitrogen and oxygen atoms in total. The largest absolute Gasteiger partial charge is 0.352 e. The molecule has 0 spiro atoms. The van der Waals surface area contributed by atoms with Gasteiger partial charge < -0.3 is 5.32 Å². The lowest BCUT2D eigenvalue weighted by Crippen LogP contribution is -1.98. The molecule has 0 bridgehead atoms. The molecular weight excluding hydrogens is 102 g/mol. The summed E-state index contributed by atoms with van der Waals surface area (Å²) >= 11 is 0. The van der Waals surface area contributed by atoms with Crippen LogP contribution < -0.4 is 5.32 Å². The summed E-state index contributed by atoms with van der Waals surface area (Å²) in [4.78, 5) is 3.61. The van der Waals surface area contributed by atoms with Crippen molar-refractivity contribution in [2.24, 2.45) is 4.99 Å². The van der Waals surface area contributed by atoms with Gasteiger partial charge >= 0.3 is 0 Å². The maximum atomic E-state index is 7.94. The first kappa shape index (κ1) is 6.70. The number of hydrogen-bond acceptors (Lipinski definition) is 2. The van der Waals surface area contributed by atoms with Crippen LogP contribution in [0.15, 0.2) is 17.3 Å². The fraction of sp³-hybridized carbons (Fsp3) is 0.200. The van der Waals surface area contributed by atoms with Crippen LogP contribution in [0.3, 0.4) is 0 Å². The maximum absolute atomic E-state index is 7.94. The molecule has 0 aliphatic heterocycles. The lowest BCUT2D eigenvalue weighted by Gasteiger charge is -1.80. The molecule has 0 rings (SSSR count). The molecule has 0 aromatic rings. The average Bonchev–Trinajstić information content (AvgIpc) is 1.81. The fourth-order valence-corrected chi connectivity index (χ4v) is 0.203. The SMILES string of the molecule is CN=CN/C=C/C#N. The Hall–Kier alpha value is -1.30.